The lowest BCUT2D eigenvalue weighted by molar-refractivity contribution is -0.135. The van der Waals surface area contributed by atoms with Gasteiger partial charge in [-0.1, -0.05) is 0 Å². The van der Waals surface area contributed by atoms with Crippen LogP contribution in [0.3, 0.4) is 0 Å². The highest BCUT2D eigenvalue weighted by atomic mass is 19.1. The Morgan fingerprint density at radius 2 is 1.91 bits per heavy atom. The number of Topliss-reactive ketones (excluding diaryl/α,β-unsaturated/α-hetero) is 1. The molecule has 122 valence electrons. The highest BCUT2D eigenvalue weighted by Crippen LogP contribution is 2.28. The van der Waals surface area contributed by atoms with E-state index in [-0.39, 0.29) is 23.3 Å². The molecule has 0 aliphatic carbocycles. The summed E-state index contributed by atoms with van der Waals surface area (Å²) in [4.78, 5) is 36.3. The van der Waals surface area contributed by atoms with Gasteiger partial charge in [-0.05, 0) is 32.0 Å². The number of fused-ring (bicyclic) bond motifs is 1. The Hall–Kier alpha value is -2.70. The number of nitrogens with zero attached hydrogens (tertiary/aromatic N) is 1. The van der Waals surface area contributed by atoms with E-state index in [0.29, 0.717) is 12.1 Å². The minimum absolute atomic E-state index is 0.0784. The maximum Gasteiger partial charge on any atom is 0.379 e. The van der Waals surface area contributed by atoms with Crippen LogP contribution in [0.5, 0.6) is 0 Å². The molecule has 23 heavy (non-hydrogen) atoms. The average Bonchev–Trinajstić information content (AvgIpc) is 2.86. The summed E-state index contributed by atoms with van der Waals surface area (Å²) in [6.45, 7) is 3.82. The number of benzene rings is 1. The first-order valence-corrected chi connectivity index (χ1v) is 7.07. The summed E-state index contributed by atoms with van der Waals surface area (Å²) in [7, 11) is 1.06. The Kier molecular flexibility index (Phi) is 4.78. The smallest absolute Gasteiger partial charge is 0.379 e. The summed E-state index contributed by atoms with van der Waals surface area (Å²) in [6, 6.07) is 3.78. The lowest BCUT2D eigenvalue weighted by atomic mass is 10.1. The first-order chi connectivity index (χ1) is 11.0. The number of halogens is 1. The summed E-state index contributed by atoms with van der Waals surface area (Å²) in [5.41, 5.74) is 0.182. The summed E-state index contributed by atoms with van der Waals surface area (Å²) in [5.74, 6) is -3.48. The predicted molar refractivity (Wildman–Crippen MR) is 79.9 cm³/mol. The summed E-state index contributed by atoms with van der Waals surface area (Å²) in [5, 5.41) is 0.172. The van der Waals surface area contributed by atoms with Gasteiger partial charge in [0.2, 0.25) is 0 Å². The van der Waals surface area contributed by atoms with Gasteiger partial charge < -0.3 is 14.0 Å². The van der Waals surface area contributed by atoms with Gasteiger partial charge in [-0.3, -0.25) is 4.79 Å². The molecule has 0 amide bonds. The van der Waals surface area contributed by atoms with Crippen molar-refractivity contribution in [1.29, 1.82) is 0 Å². The molecule has 0 fully saturated rings. The van der Waals surface area contributed by atoms with Crippen LogP contribution in [0.2, 0.25) is 0 Å². The van der Waals surface area contributed by atoms with Crippen LogP contribution >= 0.6 is 0 Å². The number of esters is 2. The highest BCUT2D eigenvalue weighted by Gasteiger charge is 2.31. The van der Waals surface area contributed by atoms with Crippen molar-refractivity contribution in [1.82, 2.24) is 4.57 Å². The van der Waals surface area contributed by atoms with E-state index in [4.69, 9.17) is 4.74 Å². The van der Waals surface area contributed by atoms with E-state index >= 15 is 0 Å². The van der Waals surface area contributed by atoms with E-state index < -0.39 is 23.5 Å². The van der Waals surface area contributed by atoms with Crippen molar-refractivity contribution in [2.45, 2.75) is 20.4 Å². The maximum absolute atomic E-state index is 13.6. The zero-order chi connectivity index (χ0) is 17.1. The molecule has 0 N–H and O–H groups in total. The van der Waals surface area contributed by atoms with Gasteiger partial charge in [-0.15, -0.1) is 0 Å². The molecule has 0 spiro atoms. The SMILES string of the molecule is CCOC(=O)c1c(C(=O)C(=O)OC)c2cc(F)ccc2n1CC. The van der Waals surface area contributed by atoms with Crippen molar-refractivity contribution in [2.75, 3.05) is 13.7 Å². The van der Waals surface area contributed by atoms with Crippen LogP contribution in [0.4, 0.5) is 4.39 Å². The molecule has 0 atom stereocenters. The standard InChI is InChI=1S/C16H16FNO5/c1-4-18-11-7-6-9(17)8-10(11)12(14(19)16(21)22-3)13(18)15(20)23-5-2/h6-8H,4-5H2,1-3H3. The number of carbonyl (C=O) groups is 3. The fourth-order valence-corrected chi connectivity index (χ4v) is 2.49. The van der Waals surface area contributed by atoms with E-state index in [9.17, 15) is 18.8 Å². The number of rotatable bonds is 5. The monoisotopic (exact) mass is 321 g/mol. The molecule has 0 unspecified atom stereocenters. The highest BCUT2D eigenvalue weighted by molar-refractivity contribution is 6.44. The number of hydrogen-bond donors (Lipinski definition) is 0. The number of hydrogen-bond acceptors (Lipinski definition) is 5. The van der Waals surface area contributed by atoms with Gasteiger partial charge >= 0.3 is 11.9 Å². The van der Waals surface area contributed by atoms with Crippen molar-refractivity contribution in [3.8, 4) is 0 Å². The molecule has 0 bridgehead atoms. The van der Waals surface area contributed by atoms with E-state index in [2.05, 4.69) is 4.74 Å². The Morgan fingerprint density at radius 1 is 1.22 bits per heavy atom. The zero-order valence-electron chi connectivity index (χ0n) is 13.0. The Balaban J connectivity index is 2.86. The molecular formula is C16H16FNO5. The molecule has 1 heterocycles. The van der Waals surface area contributed by atoms with Gasteiger partial charge in [0.25, 0.3) is 5.78 Å². The van der Waals surface area contributed by atoms with Crippen LogP contribution in [0.25, 0.3) is 10.9 Å². The van der Waals surface area contributed by atoms with Gasteiger partial charge in [0, 0.05) is 17.4 Å². The first kappa shape index (κ1) is 16.7. The second-order valence-corrected chi connectivity index (χ2v) is 4.67. The Labute approximate surface area is 131 Å². The fraction of sp³-hybridized carbons (Fsp3) is 0.312. The Morgan fingerprint density at radius 3 is 2.48 bits per heavy atom. The maximum atomic E-state index is 13.6. The van der Waals surface area contributed by atoms with Gasteiger partial charge in [-0.25, -0.2) is 14.0 Å². The van der Waals surface area contributed by atoms with Crippen molar-refractivity contribution in [3.05, 3.63) is 35.3 Å². The molecule has 7 heteroatoms. The van der Waals surface area contributed by atoms with Crippen molar-refractivity contribution in [3.63, 3.8) is 0 Å². The van der Waals surface area contributed by atoms with Crippen LogP contribution < -0.4 is 0 Å². The molecule has 1 aromatic carbocycles. The number of ketones is 1. The average molecular weight is 321 g/mol. The van der Waals surface area contributed by atoms with Crippen molar-refractivity contribution < 1.29 is 28.2 Å². The number of carbonyl (C=O) groups excluding carboxylic acids is 3. The van der Waals surface area contributed by atoms with Crippen LogP contribution in [-0.2, 0) is 20.8 Å². The molecule has 0 saturated carbocycles. The molecule has 0 aliphatic rings. The number of ether oxygens (including phenoxy) is 2. The topological polar surface area (TPSA) is 74.6 Å². The van der Waals surface area contributed by atoms with Gasteiger partial charge in [-0.2, -0.15) is 0 Å². The minimum Gasteiger partial charge on any atom is -0.463 e. The molecule has 1 aromatic heterocycles. The largest absolute Gasteiger partial charge is 0.463 e. The van der Waals surface area contributed by atoms with Crippen LogP contribution in [0.15, 0.2) is 18.2 Å². The van der Waals surface area contributed by atoms with Crippen molar-refractivity contribution in [2.24, 2.45) is 0 Å². The molecular weight excluding hydrogens is 305 g/mol. The lowest BCUT2D eigenvalue weighted by Crippen LogP contribution is -2.21. The zero-order valence-corrected chi connectivity index (χ0v) is 13.0. The number of aryl methyl sites for hydroxylation is 1. The summed E-state index contributed by atoms with van der Waals surface area (Å²) < 4.78 is 24.5. The number of aromatic nitrogens is 1. The molecule has 0 saturated heterocycles. The minimum atomic E-state index is -1.13. The molecule has 2 rings (SSSR count). The normalized spacial score (nSPS) is 10.6. The van der Waals surface area contributed by atoms with Gasteiger partial charge in [0.1, 0.15) is 11.5 Å². The Bertz CT molecular complexity index is 793. The third-order valence-electron chi connectivity index (χ3n) is 3.41. The van der Waals surface area contributed by atoms with Gasteiger partial charge in [0.15, 0.2) is 0 Å². The van der Waals surface area contributed by atoms with Crippen LogP contribution in [0.1, 0.15) is 34.7 Å². The molecule has 6 nitrogen and oxygen atoms in total. The van der Waals surface area contributed by atoms with Crippen LogP contribution in [0, 0.1) is 5.82 Å². The van der Waals surface area contributed by atoms with Crippen LogP contribution in [-0.4, -0.2) is 36.0 Å². The quantitative estimate of drug-likeness (QED) is 0.480. The molecule has 0 aliphatic heterocycles. The molecule has 0 radical (unpaired) electrons. The van der Waals surface area contributed by atoms with E-state index in [1.807, 2.05) is 0 Å². The van der Waals surface area contributed by atoms with E-state index in [1.165, 1.54) is 16.7 Å². The second kappa shape index (κ2) is 6.60. The first-order valence-electron chi connectivity index (χ1n) is 7.07. The van der Waals surface area contributed by atoms with Gasteiger partial charge in [0.05, 0.1) is 19.3 Å². The summed E-state index contributed by atoms with van der Waals surface area (Å²) in [6.07, 6.45) is 0. The third-order valence-corrected chi connectivity index (χ3v) is 3.41. The lowest BCUT2D eigenvalue weighted by Gasteiger charge is -2.08. The van der Waals surface area contributed by atoms with Crippen molar-refractivity contribution >= 4 is 28.6 Å². The summed E-state index contributed by atoms with van der Waals surface area (Å²) >= 11 is 0. The predicted octanol–water partition coefficient (Wildman–Crippen LogP) is 2.33. The third kappa shape index (κ3) is 2.81. The van der Waals surface area contributed by atoms with E-state index in [0.717, 1.165) is 13.2 Å². The van der Waals surface area contributed by atoms with E-state index in [1.54, 1.807) is 13.8 Å². The fourth-order valence-electron chi connectivity index (χ4n) is 2.49. The molecule has 2 aromatic rings. The second-order valence-electron chi connectivity index (χ2n) is 4.67. The number of methoxy groups -OCH3 is 1.